The van der Waals surface area contributed by atoms with Gasteiger partial charge in [-0.05, 0) is 63.6 Å². The second kappa shape index (κ2) is 11.1. The van der Waals surface area contributed by atoms with E-state index in [-0.39, 0.29) is 37.0 Å². The number of aromatic nitrogens is 3. The van der Waals surface area contributed by atoms with Crippen molar-refractivity contribution in [3.05, 3.63) is 66.2 Å². The second-order valence-electron chi connectivity index (χ2n) is 11.1. The molecule has 2 atom stereocenters. The predicted molar refractivity (Wildman–Crippen MR) is 153 cm³/mol. The summed E-state index contributed by atoms with van der Waals surface area (Å²) in [6.45, 7) is 7.40. The normalized spacial score (nSPS) is 17.4. The molecule has 0 saturated carbocycles. The van der Waals surface area contributed by atoms with Crippen molar-refractivity contribution in [3.63, 3.8) is 0 Å². The van der Waals surface area contributed by atoms with Crippen LogP contribution in [0, 0.1) is 12.7 Å². The number of halogens is 2. The van der Waals surface area contributed by atoms with Gasteiger partial charge in [0.1, 0.15) is 23.3 Å². The molecule has 1 saturated heterocycles. The number of anilines is 2. The number of rotatable bonds is 5. The molecule has 2 aromatic heterocycles. The summed E-state index contributed by atoms with van der Waals surface area (Å²) in [5, 5.41) is 4.35. The SMILES string of the molecule is Cc1ccc2c(N)c(F)ccc2c1Oc1ncccc1-c1ccnc(NC2CC(F)CN(C(=O)OC(C)(C)C)C2)n1. The molecule has 1 aliphatic rings. The van der Waals surface area contributed by atoms with Crippen molar-refractivity contribution in [2.75, 3.05) is 24.1 Å². The van der Waals surface area contributed by atoms with Crippen molar-refractivity contribution in [2.45, 2.75) is 51.9 Å². The van der Waals surface area contributed by atoms with Crippen molar-refractivity contribution >= 4 is 28.5 Å². The van der Waals surface area contributed by atoms with Crippen LogP contribution in [0.25, 0.3) is 22.0 Å². The van der Waals surface area contributed by atoms with Gasteiger partial charge in [0, 0.05) is 42.2 Å². The predicted octanol–water partition coefficient (Wildman–Crippen LogP) is 6.27. The number of pyridine rings is 1. The zero-order valence-corrected chi connectivity index (χ0v) is 23.3. The number of nitrogens with two attached hydrogens (primary N) is 1. The topological polar surface area (TPSA) is 115 Å². The summed E-state index contributed by atoms with van der Waals surface area (Å²) >= 11 is 0. The molecular weight excluding hydrogens is 530 g/mol. The maximum absolute atomic E-state index is 14.6. The molecule has 1 amide bonds. The molecule has 4 aromatic rings. The number of ether oxygens (including phenoxy) is 2. The van der Waals surface area contributed by atoms with E-state index in [2.05, 4.69) is 20.3 Å². The Morgan fingerprint density at radius 3 is 2.63 bits per heavy atom. The van der Waals surface area contributed by atoms with Crippen LogP contribution in [0.5, 0.6) is 11.6 Å². The summed E-state index contributed by atoms with van der Waals surface area (Å²) in [5.41, 5.74) is 7.27. The van der Waals surface area contributed by atoms with Crippen LogP contribution in [-0.4, -0.2) is 56.8 Å². The number of amides is 1. The van der Waals surface area contributed by atoms with Gasteiger partial charge in [-0.15, -0.1) is 0 Å². The van der Waals surface area contributed by atoms with Crippen molar-refractivity contribution in [2.24, 2.45) is 0 Å². The number of likely N-dealkylation sites (tertiary alicyclic amines) is 1. The minimum absolute atomic E-state index is 0.0315. The van der Waals surface area contributed by atoms with Crippen LogP contribution in [0.15, 0.2) is 54.9 Å². The smallest absolute Gasteiger partial charge is 0.410 e. The molecule has 0 radical (unpaired) electrons. The Labute approximate surface area is 236 Å². The van der Waals surface area contributed by atoms with E-state index >= 15 is 0 Å². The van der Waals surface area contributed by atoms with Crippen molar-refractivity contribution < 1.29 is 23.0 Å². The highest BCUT2D eigenvalue weighted by atomic mass is 19.1. The van der Waals surface area contributed by atoms with Gasteiger partial charge in [0.15, 0.2) is 0 Å². The molecule has 9 nitrogen and oxygen atoms in total. The van der Waals surface area contributed by atoms with Crippen LogP contribution in [0.1, 0.15) is 32.8 Å². The summed E-state index contributed by atoms with van der Waals surface area (Å²) in [6, 6.07) is 11.4. The number of hydrogen-bond acceptors (Lipinski definition) is 8. The average Bonchev–Trinajstić information content (AvgIpc) is 2.91. The molecule has 1 aliphatic heterocycles. The lowest BCUT2D eigenvalue weighted by atomic mass is 10.0. The highest BCUT2D eigenvalue weighted by Crippen LogP contribution is 2.38. The quantitative estimate of drug-likeness (QED) is 0.273. The van der Waals surface area contributed by atoms with Gasteiger partial charge in [0.25, 0.3) is 0 Å². The van der Waals surface area contributed by atoms with E-state index < -0.39 is 29.7 Å². The first-order valence-electron chi connectivity index (χ1n) is 13.3. The molecule has 3 heterocycles. The van der Waals surface area contributed by atoms with E-state index in [0.717, 1.165) is 5.56 Å². The Bertz CT molecular complexity index is 1590. The van der Waals surface area contributed by atoms with E-state index in [4.69, 9.17) is 15.2 Å². The lowest BCUT2D eigenvalue weighted by molar-refractivity contribution is 0.0124. The van der Waals surface area contributed by atoms with Gasteiger partial charge < -0.3 is 25.4 Å². The van der Waals surface area contributed by atoms with Gasteiger partial charge >= 0.3 is 6.09 Å². The minimum atomic E-state index is -1.22. The highest BCUT2D eigenvalue weighted by Gasteiger charge is 2.33. The molecule has 2 unspecified atom stereocenters. The van der Waals surface area contributed by atoms with E-state index in [1.54, 1.807) is 57.4 Å². The van der Waals surface area contributed by atoms with Gasteiger partial charge in [-0.3, -0.25) is 0 Å². The van der Waals surface area contributed by atoms with Crippen LogP contribution in [0.2, 0.25) is 0 Å². The molecule has 3 N–H and O–H groups in total. The number of alkyl halides is 1. The van der Waals surface area contributed by atoms with Gasteiger partial charge in [0.2, 0.25) is 11.8 Å². The first-order valence-corrected chi connectivity index (χ1v) is 13.3. The fourth-order valence-corrected chi connectivity index (χ4v) is 4.76. The number of nitrogens with zero attached hydrogens (tertiary/aromatic N) is 4. The highest BCUT2D eigenvalue weighted by molar-refractivity contribution is 5.98. The number of hydrogen-bond donors (Lipinski definition) is 2. The number of aryl methyl sites for hydroxylation is 1. The van der Waals surface area contributed by atoms with Crippen LogP contribution >= 0.6 is 0 Å². The first-order chi connectivity index (χ1) is 19.5. The fraction of sp³-hybridized carbons (Fsp3) is 0.333. The van der Waals surface area contributed by atoms with Gasteiger partial charge in [0.05, 0.1) is 23.5 Å². The van der Waals surface area contributed by atoms with E-state index in [9.17, 15) is 13.6 Å². The Balaban J connectivity index is 1.40. The maximum atomic E-state index is 14.6. The molecule has 0 aliphatic carbocycles. The molecule has 0 bridgehead atoms. The van der Waals surface area contributed by atoms with Crippen LogP contribution in [0.3, 0.4) is 0 Å². The fourth-order valence-electron chi connectivity index (χ4n) is 4.76. The zero-order chi connectivity index (χ0) is 29.3. The maximum Gasteiger partial charge on any atom is 0.410 e. The van der Waals surface area contributed by atoms with Crippen LogP contribution in [-0.2, 0) is 4.74 Å². The third-order valence-electron chi connectivity index (χ3n) is 6.62. The lowest BCUT2D eigenvalue weighted by Crippen LogP contribution is -2.51. The van der Waals surface area contributed by atoms with Gasteiger partial charge in [-0.1, -0.05) is 12.1 Å². The summed E-state index contributed by atoms with van der Waals surface area (Å²) in [6.07, 6.45) is 1.59. The van der Waals surface area contributed by atoms with Crippen molar-refractivity contribution in [3.8, 4) is 22.9 Å². The summed E-state index contributed by atoms with van der Waals surface area (Å²) in [4.78, 5) is 27.3. The van der Waals surface area contributed by atoms with Gasteiger partial charge in [-0.25, -0.2) is 28.5 Å². The molecular formula is C30H32F2N6O3. The van der Waals surface area contributed by atoms with Crippen molar-refractivity contribution in [1.29, 1.82) is 0 Å². The zero-order valence-electron chi connectivity index (χ0n) is 23.3. The number of fused-ring (bicyclic) bond motifs is 1. The summed E-state index contributed by atoms with van der Waals surface area (Å²) < 4.78 is 40.4. The molecule has 0 spiro atoms. The van der Waals surface area contributed by atoms with Gasteiger partial charge in [-0.2, -0.15) is 0 Å². The Morgan fingerprint density at radius 1 is 1.07 bits per heavy atom. The summed E-state index contributed by atoms with van der Waals surface area (Å²) in [7, 11) is 0. The number of carbonyl (C=O) groups excluding carboxylic acids is 1. The monoisotopic (exact) mass is 562 g/mol. The number of nitrogens with one attached hydrogen (secondary N) is 1. The molecule has 11 heteroatoms. The first kappa shape index (κ1) is 28.0. The van der Waals surface area contributed by atoms with E-state index in [0.29, 0.717) is 27.8 Å². The average molecular weight is 563 g/mol. The molecule has 5 rings (SSSR count). The summed E-state index contributed by atoms with van der Waals surface area (Å²) in [5.74, 6) is 0.552. The van der Waals surface area contributed by atoms with Crippen LogP contribution < -0.4 is 15.8 Å². The standard InChI is InChI=1S/C30H32F2N6O3/c1-17-7-8-20-21(9-10-23(32)25(20)33)26(17)40-27-22(6-5-12-34-27)24-11-13-35-28(37-24)36-19-14-18(31)15-38(16-19)29(39)41-30(2,3)4/h5-13,18-19H,14-16,33H2,1-4H3,(H,35,36,37). The Hall–Kier alpha value is -4.54. The van der Waals surface area contributed by atoms with Crippen LogP contribution in [0.4, 0.5) is 25.2 Å². The number of piperidine rings is 1. The molecule has 214 valence electrons. The number of benzene rings is 2. The Kier molecular flexibility index (Phi) is 7.61. The van der Waals surface area contributed by atoms with E-state index in [1.807, 2.05) is 19.1 Å². The lowest BCUT2D eigenvalue weighted by Gasteiger charge is -2.36. The molecule has 41 heavy (non-hydrogen) atoms. The van der Waals surface area contributed by atoms with E-state index in [1.165, 1.54) is 11.0 Å². The molecule has 2 aromatic carbocycles. The van der Waals surface area contributed by atoms with Crippen molar-refractivity contribution in [1.82, 2.24) is 19.9 Å². The third-order valence-corrected chi connectivity index (χ3v) is 6.62. The second-order valence-corrected chi connectivity index (χ2v) is 11.1. The third kappa shape index (κ3) is 6.29. The Morgan fingerprint density at radius 2 is 1.85 bits per heavy atom. The minimum Gasteiger partial charge on any atom is -0.444 e. The number of nitrogen functional groups attached to an aromatic ring is 1. The molecule has 1 fully saturated rings. The largest absolute Gasteiger partial charge is 0.444 e. The number of carbonyl (C=O) groups is 1.